The molecule has 1 spiro atoms. The van der Waals surface area contributed by atoms with Crippen molar-refractivity contribution in [3.05, 3.63) is 35.5 Å². The van der Waals surface area contributed by atoms with Gasteiger partial charge in [0.15, 0.2) is 17.5 Å². The number of H-pyrrole nitrogens is 1. The fraction of sp³-hybridized carbons (Fsp3) is 0.400. The molecule has 1 saturated heterocycles. The SMILES string of the molecule is O=C1CC2(CCCC(Nc3nc(-c4c[nH]c5ncc(Cl)cc45)ncc3F)C2)CN1. The fourth-order valence-electron chi connectivity index (χ4n) is 4.60. The van der Waals surface area contributed by atoms with Gasteiger partial charge in [0.1, 0.15) is 5.65 Å². The quantitative estimate of drug-likeness (QED) is 0.607. The number of carbonyl (C=O) groups is 1. The second-order valence-corrected chi connectivity index (χ2v) is 8.47. The monoisotopic (exact) mass is 414 g/mol. The molecule has 1 aliphatic heterocycles. The molecule has 0 aromatic carbocycles. The van der Waals surface area contributed by atoms with Gasteiger partial charge in [-0.2, -0.15) is 0 Å². The maximum absolute atomic E-state index is 14.5. The number of nitrogens with one attached hydrogen (secondary N) is 3. The molecule has 3 N–H and O–H groups in total. The third-order valence-electron chi connectivity index (χ3n) is 5.96. The van der Waals surface area contributed by atoms with Gasteiger partial charge in [0.2, 0.25) is 5.91 Å². The van der Waals surface area contributed by atoms with Crippen LogP contribution in [0, 0.1) is 11.2 Å². The van der Waals surface area contributed by atoms with Gasteiger partial charge < -0.3 is 15.6 Å². The van der Waals surface area contributed by atoms with Gasteiger partial charge in [0.25, 0.3) is 0 Å². The highest BCUT2D eigenvalue weighted by Gasteiger charge is 2.42. The molecular weight excluding hydrogens is 395 g/mol. The second kappa shape index (κ2) is 6.95. The van der Waals surface area contributed by atoms with E-state index in [1.54, 1.807) is 18.5 Å². The minimum Gasteiger partial charge on any atom is -0.365 e. The van der Waals surface area contributed by atoms with Crippen LogP contribution in [0.3, 0.4) is 0 Å². The summed E-state index contributed by atoms with van der Waals surface area (Å²) in [5.41, 5.74) is 1.35. The molecule has 2 aliphatic rings. The molecule has 7 nitrogen and oxygen atoms in total. The largest absolute Gasteiger partial charge is 0.365 e. The van der Waals surface area contributed by atoms with Gasteiger partial charge in [-0.05, 0) is 30.7 Å². The van der Waals surface area contributed by atoms with Gasteiger partial charge >= 0.3 is 0 Å². The van der Waals surface area contributed by atoms with Gasteiger partial charge in [-0.1, -0.05) is 18.0 Å². The van der Waals surface area contributed by atoms with Crippen LogP contribution >= 0.6 is 11.6 Å². The maximum Gasteiger partial charge on any atom is 0.220 e. The topological polar surface area (TPSA) is 95.6 Å². The van der Waals surface area contributed by atoms with Crippen LogP contribution in [0.5, 0.6) is 0 Å². The van der Waals surface area contributed by atoms with Crippen LogP contribution in [0.4, 0.5) is 10.2 Å². The van der Waals surface area contributed by atoms with Crippen molar-refractivity contribution in [2.75, 3.05) is 11.9 Å². The molecule has 9 heteroatoms. The molecule has 1 saturated carbocycles. The number of anilines is 1. The Bertz CT molecular complexity index is 1100. The lowest BCUT2D eigenvalue weighted by molar-refractivity contribution is -0.119. The summed E-state index contributed by atoms with van der Waals surface area (Å²) in [5, 5.41) is 7.48. The molecule has 2 fully saturated rings. The summed E-state index contributed by atoms with van der Waals surface area (Å²) in [5.74, 6) is 0.184. The summed E-state index contributed by atoms with van der Waals surface area (Å²) in [6, 6.07) is 1.85. The highest BCUT2D eigenvalue weighted by atomic mass is 35.5. The van der Waals surface area contributed by atoms with Crippen molar-refractivity contribution >= 4 is 34.4 Å². The Labute approximate surface area is 171 Å². The number of rotatable bonds is 3. The number of aromatic nitrogens is 4. The van der Waals surface area contributed by atoms with Gasteiger partial charge in [-0.15, -0.1) is 0 Å². The molecule has 1 amide bonds. The Morgan fingerprint density at radius 3 is 3.03 bits per heavy atom. The first-order chi connectivity index (χ1) is 14.0. The van der Waals surface area contributed by atoms with Crippen molar-refractivity contribution in [3.63, 3.8) is 0 Å². The highest BCUT2D eigenvalue weighted by Crippen LogP contribution is 2.42. The molecule has 150 valence electrons. The zero-order chi connectivity index (χ0) is 20.0. The summed E-state index contributed by atoms with van der Waals surface area (Å²) < 4.78 is 14.5. The Morgan fingerprint density at radius 2 is 2.21 bits per heavy atom. The molecule has 5 rings (SSSR count). The Hall–Kier alpha value is -2.74. The Morgan fingerprint density at radius 1 is 1.31 bits per heavy atom. The van der Waals surface area contributed by atoms with Crippen LogP contribution in [-0.4, -0.2) is 38.4 Å². The van der Waals surface area contributed by atoms with E-state index in [0.717, 1.165) is 31.1 Å². The van der Waals surface area contributed by atoms with Crippen molar-refractivity contribution in [3.8, 4) is 11.4 Å². The van der Waals surface area contributed by atoms with Crippen molar-refractivity contribution in [1.82, 2.24) is 25.3 Å². The number of amides is 1. The van der Waals surface area contributed by atoms with Crippen molar-refractivity contribution < 1.29 is 9.18 Å². The molecule has 29 heavy (non-hydrogen) atoms. The number of aromatic amines is 1. The summed E-state index contributed by atoms with van der Waals surface area (Å²) in [7, 11) is 0. The fourth-order valence-corrected chi connectivity index (χ4v) is 4.76. The number of hydrogen-bond acceptors (Lipinski definition) is 5. The van der Waals surface area contributed by atoms with Crippen molar-refractivity contribution in [2.24, 2.45) is 5.41 Å². The molecule has 1 aliphatic carbocycles. The molecule has 3 aromatic heterocycles. The summed E-state index contributed by atoms with van der Waals surface area (Å²) in [6.45, 7) is 0.699. The van der Waals surface area contributed by atoms with Crippen LogP contribution in [0.1, 0.15) is 32.1 Å². The average Bonchev–Trinajstić information content (AvgIpc) is 3.27. The number of pyridine rings is 1. The lowest BCUT2D eigenvalue weighted by Gasteiger charge is -2.37. The van der Waals surface area contributed by atoms with E-state index in [1.165, 1.54) is 6.20 Å². The van der Waals surface area contributed by atoms with Crippen LogP contribution in [0.25, 0.3) is 22.4 Å². The van der Waals surface area contributed by atoms with E-state index < -0.39 is 5.82 Å². The molecule has 4 heterocycles. The number of nitrogens with zero attached hydrogens (tertiary/aromatic N) is 3. The predicted octanol–water partition coefficient (Wildman–Crippen LogP) is 3.67. The standard InChI is InChI=1S/C20H20ClFN6O/c21-11-4-13-14(8-24-17(13)23-7-11)18-25-9-15(22)19(28-18)27-12-2-1-3-20(5-12)6-16(29)26-10-20/h4,7-9,12H,1-3,5-6,10H2,(H,23,24)(H,26,29)(H,25,27,28). The first-order valence-corrected chi connectivity index (χ1v) is 10.1. The van der Waals surface area contributed by atoms with E-state index in [1.807, 2.05) is 0 Å². The Balaban J connectivity index is 1.42. The minimum absolute atomic E-state index is 0.0292. The first-order valence-electron chi connectivity index (χ1n) is 9.70. The van der Waals surface area contributed by atoms with Gasteiger partial charge in [-0.3, -0.25) is 4.79 Å². The minimum atomic E-state index is -0.495. The first kappa shape index (κ1) is 18.3. The van der Waals surface area contributed by atoms with E-state index in [-0.39, 0.29) is 23.2 Å². The average molecular weight is 415 g/mol. The number of halogens is 2. The number of fused-ring (bicyclic) bond motifs is 1. The van der Waals surface area contributed by atoms with Gasteiger partial charge in [0.05, 0.1) is 11.2 Å². The number of carbonyl (C=O) groups excluding carboxylic acids is 1. The number of hydrogen-bond donors (Lipinski definition) is 3. The third kappa shape index (κ3) is 3.42. The van der Waals surface area contributed by atoms with Crippen LogP contribution < -0.4 is 10.6 Å². The molecule has 2 unspecified atom stereocenters. The molecular formula is C20H20ClFN6O. The van der Waals surface area contributed by atoms with E-state index >= 15 is 0 Å². The smallest absolute Gasteiger partial charge is 0.220 e. The normalized spacial score (nSPS) is 24.2. The Kier molecular flexibility index (Phi) is 4.38. The van der Waals surface area contributed by atoms with E-state index in [0.29, 0.717) is 35.0 Å². The zero-order valence-electron chi connectivity index (χ0n) is 15.6. The maximum atomic E-state index is 14.5. The van der Waals surface area contributed by atoms with E-state index in [2.05, 4.69) is 30.6 Å². The van der Waals surface area contributed by atoms with E-state index in [9.17, 15) is 9.18 Å². The van der Waals surface area contributed by atoms with Crippen LogP contribution in [0.2, 0.25) is 5.02 Å². The van der Waals surface area contributed by atoms with Gasteiger partial charge in [-0.25, -0.2) is 19.3 Å². The van der Waals surface area contributed by atoms with Crippen LogP contribution in [0.15, 0.2) is 24.7 Å². The van der Waals surface area contributed by atoms with Crippen LogP contribution in [-0.2, 0) is 4.79 Å². The molecule has 2 atom stereocenters. The molecule has 3 aromatic rings. The zero-order valence-corrected chi connectivity index (χ0v) is 16.4. The van der Waals surface area contributed by atoms with Crippen molar-refractivity contribution in [1.29, 1.82) is 0 Å². The third-order valence-corrected chi connectivity index (χ3v) is 6.17. The lowest BCUT2D eigenvalue weighted by atomic mass is 9.71. The lowest BCUT2D eigenvalue weighted by Crippen LogP contribution is -2.37. The van der Waals surface area contributed by atoms with Crippen molar-refractivity contribution in [2.45, 2.75) is 38.1 Å². The summed E-state index contributed by atoms with van der Waals surface area (Å²) in [4.78, 5) is 27.6. The summed E-state index contributed by atoms with van der Waals surface area (Å²) >= 11 is 6.07. The van der Waals surface area contributed by atoms with E-state index in [4.69, 9.17) is 11.6 Å². The van der Waals surface area contributed by atoms with Gasteiger partial charge in [0, 0.05) is 42.4 Å². The molecule has 0 radical (unpaired) electrons. The predicted molar refractivity (Wildman–Crippen MR) is 108 cm³/mol. The second-order valence-electron chi connectivity index (χ2n) is 8.03. The molecule has 0 bridgehead atoms. The highest BCUT2D eigenvalue weighted by molar-refractivity contribution is 6.31. The summed E-state index contributed by atoms with van der Waals surface area (Å²) in [6.07, 6.45) is 8.79.